The number of nitro groups is 1. The van der Waals surface area contributed by atoms with Crippen LogP contribution in [0.4, 0.5) is 5.69 Å². The van der Waals surface area contributed by atoms with Crippen molar-refractivity contribution < 1.29 is 14.5 Å². The van der Waals surface area contributed by atoms with Crippen LogP contribution in [0.1, 0.15) is 11.1 Å². The molecule has 2 aromatic rings. The molecule has 0 saturated heterocycles. The highest BCUT2D eigenvalue weighted by atomic mass is 35.5. The molecule has 0 N–H and O–H groups in total. The van der Waals surface area contributed by atoms with Crippen LogP contribution in [0.5, 0.6) is 0 Å². The summed E-state index contributed by atoms with van der Waals surface area (Å²) < 4.78 is 5.12. The van der Waals surface area contributed by atoms with Crippen LogP contribution in [0.25, 0.3) is 6.08 Å². The molecular formula is C18H11ClN2O4. The van der Waals surface area contributed by atoms with E-state index < -0.39 is 10.9 Å². The highest BCUT2D eigenvalue weighted by molar-refractivity contribution is 6.34. The maximum atomic E-state index is 11.9. The van der Waals surface area contributed by atoms with Crippen molar-refractivity contribution in [2.24, 2.45) is 4.99 Å². The summed E-state index contributed by atoms with van der Waals surface area (Å²) >= 11 is 6.06. The number of allylic oxidation sites excluding steroid dienone is 2. The monoisotopic (exact) mass is 354 g/mol. The van der Waals surface area contributed by atoms with E-state index in [4.69, 9.17) is 16.3 Å². The average Bonchev–Trinajstić information content (AvgIpc) is 2.96. The van der Waals surface area contributed by atoms with Crippen molar-refractivity contribution in [3.8, 4) is 0 Å². The molecule has 0 spiro atoms. The van der Waals surface area contributed by atoms with E-state index >= 15 is 0 Å². The van der Waals surface area contributed by atoms with Gasteiger partial charge < -0.3 is 4.74 Å². The molecule has 3 rings (SSSR count). The van der Waals surface area contributed by atoms with Crippen molar-refractivity contribution in [2.75, 3.05) is 0 Å². The van der Waals surface area contributed by atoms with Gasteiger partial charge in [-0.25, -0.2) is 9.79 Å². The Morgan fingerprint density at radius 1 is 1.12 bits per heavy atom. The Bertz CT molecular complexity index is 948. The smallest absolute Gasteiger partial charge is 0.363 e. The highest BCUT2D eigenvalue weighted by Gasteiger charge is 2.24. The third kappa shape index (κ3) is 3.64. The van der Waals surface area contributed by atoms with Crippen LogP contribution in [0.2, 0.25) is 5.02 Å². The van der Waals surface area contributed by atoms with Gasteiger partial charge in [0.1, 0.15) is 0 Å². The second-order valence-corrected chi connectivity index (χ2v) is 5.42. The predicted octanol–water partition coefficient (Wildman–Crippen LogP) is 4.15. The molecule has 6 nitrogen and oxygen atoms in total. The first-order valence-electron chi connectivity index (χ1n) is 7.24. The number of esters is 1. The summed E-state index contributed by atoms with van der Waals surface area (Å²) in [5, 5.41) is 11.4. The minimum atomic E-state index is -0.609. The second-order valence-electron chi connectivity index (χ2n) is 5.01. The number of aliphatic imine (C=N–C) groups is 1. The van der Waals surface area contributed by atoms with Gasteiger partial charge in [-0.1, -0.05) is 41.9 Å². The minimum Gasteiger partial charge on any atom is -0.402 e. The van der Waals surface area contributed by atoms with Gasteiger partial charge in [-0.2, -0.15) is 0 Å². The maximum Gasteiger partial charge on any atom is 0.363 e. The van der Waals surface area contributed by atoms with E-state index in [9.17, 15) is 14.9 Å². The fraction of sp³-hybridized carbons (Fsp3) is 0. The molecule has 0 aliphatic carbocycles. The summed E-state index contributed by atoms with van der Waals surface area (Å²) in [6, 6.07) is 13.2. The number of rotatable bonds is 4. The zero-order valence-corrected chi connectivity index (χ0v) is 13.5. The molecule has 0 unspecified atom stereocenters. The van der Waals surface area contributed by atoms with Crippen LogP contribution < -0.4 is 0 Å². The molecule has 2 aromatic carbocycles. The SMILES string of the molecule is O=C1OC(c2ccccc2Cl)=NC1=CC=Cc1ccccc1[N+](=O)[O-]. The topological polar surface area (TPSA) is 81.8 Å². The summed E-state index contributed by atoms with van der Waals surface area (Å²) in [6.45, 7) is 0. The van der Waals surface area contributed by atoms with E-state index in [0.29, 0.717) is 16.1 Å². The van der Waals surface area contributed by atoms with Crippen LogP contribution in [-0.4, -0.2) is 16.8 Å². The highest BCUT2D eigenvalue weighted by Crippen LogP contribution is 2.23. The van der Waals surface area contributed by atoms with Gasteiger partial charge in [-0.05, 0) is 30.4 Å². The second kappa shape index (κ2) is 7.11. The predicted molar refractivity (Wildman–Crippen MR) is 94.3 cm³/mol. The molecule has 25 heavy (non-hydrogen) atoms. The van der Waals surface area contributed by atoms with Gasteiger partial charge >= 0.3 is 5.97 Å². The largest absolute Gasteiger partial charge is 0.402 e. The van der Waals surface area contributed by atoms with Gasteiger partial charge in [-0.15, -0.1) is 0 Å². The van der Waals surface area contributed by atoms with Crippen molar-refractivity contribution in [3.63, 3.8) is 0 Å². The quantitative estimate of drug-likeness (QED) is 0.357. The molecule has 124 valence electrons. The Morgan fingerprint density at radius 3 is 2.60 bits per heavy atom. The van der Waals surface area contributed by atoms with E-state index in [1.54, 1.807) is 42.5 Å². The summed E-state index contributed by atoms with van der Waals surface area (Å²) in [6.07, 6.45) is 4.47. The van der Waals surface area contributed by atoms with E-state index in [-0.39, 0.29) is 17.3 Å². The van der Waals surface area contributed by atoms with Gasteiger partial charge in [0.25, 0.3) is 5.69 Å². The lowest BCUT2D eigenvalue weighted by atomic mass is 10.1. The molecule has 0 radical (unpaired) electrons. The molecule has 1 heterocycles. The summed E-state index contributed by atoms with van der Waals surface area (Å²) in [5.74, 6) is -0.483. The molecule has 1 aliphatic rings. The van der Waals surface area contributed by atoms with Gasteiger partial charge in [0.05, 0.1) is 21.1 Å². The number of para-hydroxylation sites is 1. The number of nitrogens with zero attached hydrogens (tertiary/aromatic N) is 2. The van der Waals surface area contributed by atoms with Crippen LogP contribution in [0, 0.1) is 10.1 Å². The first kappa shape index (κ1) is 16.6. The number of hydrogen-bond acceptors (Lipinski definition) is 5. The molecule has 0 bridgehead atoms. The van der Waals surface area contributed by atoms with Gasteiger partial charge in [-0.3, -0.25) is 10.1 Å². The zero-order valence-electron chi connectivity index (χ0n) is 12.8. The van der Waals surface area contributed by atoms with E-state index in [2.05, 4.69) is 4.99 Å². The van der Waals surface area contributed by atoms with Gasteiger partial charge in [0.2, 0.25) is 5.90 Å². The molecular weight excluding hydrogens is 344 g/mol. The minimum absolute atomic E-state index is 0.0218. The summed E-state index contributed by atoms with van der Waals surface area (Å²) in [4.78, 5) is 26.5. The fourth-order valence-electron chi connectivity index (χ4n) is 2.21. The zero-order chi connectivity index (χ0) is 17.8. The molecule has 0 saturated carbocycles. The Hall–Kier alpha value is -3.25. The number of nitro benzene ring substituents is 1. The average molecular weight is 355 g/mol. The van der Waals surface area contributed by atoms with Crippen LogP contribution in [0.15, 0.2) is 71.4 Å². The Balaban J connectivity index is 1.86. The van der Waals surface area contributed by atoms with E-state index in [1.165, 1.54) is 24.3 Å². The Morgan fingerprint density at radius 2 is 1.84 bits per heavy atom. The van der Waals surface area contributed by atoms with Crippen LogP contribution in [0.3, 0.4) is 0 Å². The third-order valence-corrected chi connectivity index (χ3v) is 3.72. The normalized spacial score (nSPS) is 15.5. The van der Waals surface area contributed by atoms with Crippen molar-refractivity contribution in [1.82, 2.24) is 0 Å². The number of carbonyl (C=O) groups is 1. The lowest BCUT2D eigenvalue weighted by Crippen LogP contribution is -2.05. The summed E-state index contributed by atoms with van der Waals surface area (Å²) in [7, 11) is 0. The standard InChI is InChI=1S/C18H11ClN2O4/c19-14-9-3-2-8-13(14)17-20-15(18(22)25-17)10-5-7-12-6-1-4-11-16(12)21(23)24/h1-11H. The third-order valence-electron chi connectivity index (χ3n) is 3.39. The molecule has 0 fully saturated rings. The number of hydrogen-bond donors (Lipinski definition) is 0. The molecule has 0 aromatic heterocycles. The lowest BCUT2D eigenvalue weighted by Gasteiger charge is -2.00. The van der Waals surface area contributed by atoms with Crippen molar-refractivity contribution in [1.29, 1.82) is 0 Å². The van der Waals surface area contributed by atoms with E-state index in [0.717, 1.165) is 0 Å². The summed E-state index contributed by atoms with van der Waals surface area (Å²) in [5.41, 5.74) is 1.01. The fourth-order valence-corrected chi connectivity index (χ4v) is 2.43. The number of benzene rings is 2. The first-order chi connectivity index (χ1) is 12.1. The Labute approximate surface area is 147 Å². The maximum absolute atomic E-state index is 11.9. The molecule has 0 amide bonds. The Kier molecular flexibility index (Phi) is 4.72. The molecule has 7 heteroatoms. The van der Waals surface area contributed by atoms with Crippen molar-refractivity contribution >= 4 is 35.2 Å². The number of ether oxygens (including phenoxy) is 1. The molecule has 1 aliphatic heterocycles. The van der Waals surface area contributed by atoms with Gasteiger partial charge in [0, 0.05) is 6.07 Å². The van der Waals surface area contributed by atoms with Crippen LogP contribution >= 0.6 is 11.6 Å². The number of halogens is 1. The lowest BCUT2D eigenvalue weighted by molar-refractivity contribution is -0.385. The number of carbonyl (C=O) groups excluding carboxylic acids is 1. The van der Waals surface area contributed by atoms with Crippen molar-refractivity contribution in [2.45, 2.75) is 0 Å². The number of cyclic esters (lactones) is 1. The van der Waals surface area contributed by atoms with Gasteiger partial charge in [0.15, 0.2) is 5.70 Å². The van der Waals surface area contributed by atoms with E-state index in [1.807, 2.05) is 0 Å². The van der Waals surface area contributed by atoms with Crippen molar-refractivity contribution in [3.05, 3.63) is 92.6 Å². The molecule has 0 atom stereocenters. The van der Waals surface area contributed by atoms with Crippen LogP contribution in [-0.2, 0) is 9.53 Å². The first-order valence-corrected chi connectivity index (χ1v) is 7.61.